The van der Waals surface area contributed by atoms with E-state index in [1.807, 2.05) is 6.92 Å². The summed E-state index contributed by atoms with van der Waals surface area (Å²) in [5.41, 5.74) is 0. The van der Waals surface area contributed by atoms with Gasteiger partial charge in [0.25, 0.3) is 0 Å². The van der Waals surface area contributed by atoms with Crippen LogP contribution >= 0.6 is 0 Å². The first-order valence-electron chi connectivity index (χ1n) is 7.14. The van der Waals surface area contributed by atoms with Gasteiger partial charge in [0.05, 0.1) is 0 Å². The molecule has 4 heteroatoms. The molecule has 1 aliphatic carbocycles. The zero-order valence-electron chi connectivity index (χ0n) is 11.7. The summed E-state index contributed by atoms with van der Waals surface area (Å²) < 4.78 is 5.31. The number of hydrogen-bond acceptors (Lipinski definition) is 2. The maximum absolute atomic E-state index is 5.31. The van der Waals surface area contributed by atoms with E-state index < -0.39 is 0 Å². The van der Waals surface area contributed by atoms with Gasteiger partial charge in [0.15, 0.2) is 5.96 Å². The van der Waals surface area contributed by atoms with Crippen LogP contribution in [0.2, 0.25) is 0 Å². The second-order valence-corrected chi connectivity index (χ2v) is 4.45. The predicted octanol–water partition coefficient (Wildman–Crippen LogP) is 2.08. The maximum Gasteiger partial charge on any atom is 0.191 e. The number of rotatable bonds is 8. The number of nitrogens with zero attached hydrogens (tertiary/aromatic N) is 1. The quantitative estimate of drug-likeness (QED) is 0.301. The molecule has 0 spiro atoms. The maximum atomic E-state index is 5.31. The van der Waals surface area contributed by atoms with E-state index in [4.69, 9.17) is 4.74 Å². The van der Waals surface area contributed by atoms with Crippen molar-refractivity contribution in [2.45, 2.75) is 45.6 Å². The molecule has 0 radical (unpaired) electrons. The van der Waals surface area contributed by atoms with Crippen molar-refractivity contribution in [3.05, 3.63) is 12.2 Å². The molecule has 2 N–H and O–H groups in total. The van der Waals surface area contributed by atoms with Gasteiger partial charge in [-0.25, -0.2) is 0 Å². The minimum Gasteiger partial charge on any atom is -0.382 e. The molecule has 0 saturated heterocycles. The molecule has 1 rings (SSSR count). The van der Waals surface area contributed by atoms with Crippen LogP contribution in [-0.2, 0) is 4.74 Å². The summed E-state index contributed by atoms with van der Waals surface area (Å²) in [6.45, 7) is 7.55. The lowest BCUT2D eigenvalue weighted by atomic mass is 10.2. The lowest BCUT2D eigenvalue weighted by Crippen LogP contribution is -2.42. The summed E-state index contributed by atoms with van der Waals surface area (Å²) in [5.74, 6) is 0.947. The zero-order chi connectivity index (χ0) is 13.1. The number of hydrogen-bond donors (Lipinski definition) is 2. The van der Waals surface area contributed by atoms with Crippen LogP contribution in [-0.4, -0.2) is 38.3 Å². The Labute approximate surface area is 111 Å². The first-order chi connectivity index (χ1) is 8.86. The van der Waals surface area contributed by atoms with Crippen molar-refractivity contribution in [2.24, 2.45) is 4.99 Å². The SMILES string of the molecule is CCNC(=NCCCCOCC)NC1CC=CC1. The van der Waals surface area contributed by atoms with Gasteiger partial charge in [-0.3, -0.25) is 4.99 Å². The largest absolute Gasteiger partial charge is 0.382 e. The third-order valence-electron chi connectivity index (χ3n) is 2.86. The first kappa shape index (κ1) is 15.0. The van der Waals surface area contributed by atoms with Crippen molar-refractivity contribution >= 4 is 5.96 Å². The average Bonchev–Trinajstić information content (AvgIpc) is 2.86. The van der Waals surface area contributed by atoms with E-state index in [2.05, 4.69) is 34.7 Å². The molecule has 0 fully saturated rings. The van der Waals surface area contributed by atoms with Crippen molar-refractivity contribution in [1.29, 1.82) is 0 Å². The normalized spacial score (nSPS) is 16.2. The summed E-state index contributed by atoms with van der Waals surface area (Å²) >= 11 is 0. The Morgan fingerprint density at radius 2 is 2.06 bits per heavy atom. The third-order valence-corrected chi connectivity index (χ3v) is 2.86. The summed E-state index contributed by atoms with van der Waals surface area (Å²) in [4.78, 5) is 4.59. The summed E-state index contributed by atoms with van der Waals surface area (Å²) in [6, 6.07) is 0.520. The minimum atomic E-state index is 0.520. The second kappa shape index (κ2) is 9.95. The smallest absolute Gasteiger partial charge is 0.191 e. The predicted molar refractivity (Wildman–Crippen MR) is 77.0 cm³/mol. The number of nitrogens with one attached hydrogen (secondary N) is 2. The van der Waals surface area contributed by atoms with E-state index in [0.29, 0.717) is 6.04 Å². The Morgan fingerprint density at radius 1 is 1.28 bits per heavy atom. The Morgan fingerprint density at radius 3 is 2.72 bits per heavy atom. The number of aliphatic imine (C=N–C) groups is 1. The number of guanidine groups is 1. The standard InChI is InChI=1S/C14H27N3O/c1-3-15-14(17-13-9-5-6-10-13)16-11-7-8-12-18-4-2/h5-6,13H,3-4,7-12H2,1-2H3,(H2,15,16,17). The van der Waals surface area contributed by atoms with Crippen LogP contribution in [0.4, 0.5) is 0 Å². The number of unbranched alkanes of at least 4 members (excludes halogenated alkanes) is 1. The first-order valence-corrected chi connectivity index (χ1v) is 7.14. The van der Waals surface area contributed by atoms with Crippen LogP contribution in [0.5, 0.6) is 0 Å². The van der Waals surface area contributed by atoms with Crippen molar-refractivity contribution in [3.8, 4) is 0 Å². The van der Waals surface area contributed by atoms with Gasteiger partial charge in [-0.1, -0.05) is 12.2 Å². The highest BCUT2D eigenvalue weighted by atomic mass is 16.5. The van der Waals surface area contributed by atoms with Gasteiger partial charge in [-0.05, 0) is 39.5 Å². The number of ether oxygens (including phenoxy) is 1. The van der Waals surface area contributed by atoms with E-state index >= 15 is 0 Å². The highest BCUT2D eigenvalue weighted by Crippen LogP contribution is 2.08. The lowest BCUT2D eigenvalue weighted by molar-refractivity contribution is 0.144. The molecular formula is C14H27N3O. The molecule has 0 aromatic rings. The van der Waals surface area contributed by atoms with E-state index in [9.17, 15) is 0 Å². The summed E-state index contributed by atoms with van der Waals surface area (Å²) in [6.07, 6.45) is 8.83. The van der Waals surface area contributed by atoms with E-state index in [-0.39, 0.29) is 0 Å². The highest BCUT2D eigenvalue weighted by molar-refractivity contribution is 5.80. The monoisotopic (exact) mass is 253 g/mol. The van der Waals surface area contributed by atoms with Crippen LogP contribution in [0.25, 0.3) is 0 Å². The molecule has 18 heavy (non-hydrogen) atoms. The van der Waals surface area contributed by atoms with Gasteiger partial charge in [0.1, 0.15) is 0 Å². The van der Waals surface area contributed by atoms with Crippen LogP contribution in [0, 0.1) is 0 Å². The molecule has 0 unspecified atom stereocenters. The van der Waals surface area contributed by atoms with Crippen molar-refractivity contribution in [1.82, 2.24) is 10.6 Å². The molecule has 0 aromatic heterocycles. The fourth-order valence-electron chi connectivity index (χ4n) is 1.90. The third kappa shape index (κ3) is 6.64. The Bertz CT molecular complexity index is 256. The lowest BCUT2D eigenvalue weighted by Gasteiger charge is -2.16. The van der Waals surface area contributed by atoms with Gasteiger partial charge < -0.3 is 15.4 Å². The van der Waals surface area contributed by atoms with Crippen molar-refractivity contribution in [2.75, 3.05) is 26.3 Å². The van der Waals surface area contributed by atoms with Crippen LogP contribution in [0.15, 0.2) is 17.1 Å². The Balaban J connectivity index is 2.18. The van der Waals surface area contributed by atoms with Crippen molar-refractivity contribution < 1.29 is 4.74 Å². The average molecular weight is 253 g/mol. The van der Waals surface area contributed by atoms with Crippen LogP contribution in [0.1, 0.15) is 39.5 Å². The molecule has 1 aliphatic rings. The minimum absolute atomic E-state index is 0.520. The van der Waals surface area contributed by atoms with E-state index in [1.165, 1.54) is 0 Å². The molecule has 0 aromatic carbocycles. The molecule has 0 amide bonds. The molecule has 0 saturated carbocycles. The summed E-state index contributed by atoms with van der Waals surface area (Å²) in [5, 5.41) is 6.76. The Kier molecular flexibility index (Phi) is 8.30. The van der Waals surface area contributed by atoms with Gasteiger partial charge in [-0.2, -0.15) is 0 Å². The zero-order valence-corrected chi connectivity index (χ0v) is 11.7. The van der Waals surface area contributed by atoms with Gasteiger partial charge in [-0.15, -0.1) is 0 Å². The fraction of sp³-hybridized carbons (Fsp3) is 0.786. The molecule has 4 nitrogen and oxygen atoms in total. The molecule has 0 bridgehead atoms. The molecule has 0 atom stereocenters. The van der Waals surface area contributed by atoms with Crippen LogP contribution in [0.3, 0.4) is 0 Å². The molecule has 104 valence electrons. The molecule has 0 aliphatic heterocycles. The highest BCUT2D eigenvalue weighted by Gasteiger charge is 2.10. The van der Waals surface area contributed by atoms with Crippen molar-refractivity contribution in [3.63, 3.8) is 0 Å². The molecular weight excluding hydrogens is 226 g/mol. The van der Waals surface area contributed by atoms with E-state index in [1.54, 1.807) is 0 Å². The topological polar surface area (TPSA) is 45.7 Å². The van der Waals surface area contributed by atoms with E-state index in [0.717, 1.165) is 57.9 Å². The van der Waals surface area contributed by atoms with Crippen LogP contribution < -0.4 is 10.6 Å². The van der Waals surface area contributed by atoms with Gasteiger partial charge in [0, 0.05) is 32.3 Å². The van der Waals surface area contributed by atoms with Gasteiger partial charge in [0.2, 0.25) is 0 Å². The second-order valence-electron chi connectivity index (χ2n) is 4.45. The van der Waals surface area contributed by atoms with Gasteiger partial charge >= 0.3 is 0 Å². The Hall–Kier alpha value is -1.03. The molecule has 0 heterocycles. The fourth-order valence-corrected chi connectivity index (χ4v) is 1.90. The summed E-state index contributed by atoms with van der Waals surface area (Å²) in [7, 11) is 0.